The molecule has 0 spiro atoms. The van der Waals surface area contributed by atoms with Crippen LogP contribution in [-0.4, -0.2) is 70.0 Å². The largest absolute Gasteiger partial charge is 0.394 e. The molecule has 1 aliphatic rings. The van der Waals surface area contributed by atoms with Crippen LogP contribution in [0.15, 0.2) is 30.5 Å². The fourth-order valence-electron chi connectivity index (χ4n) is 3.52. The van der Waals surface area contributed by atoms with Crippen LogP contribution in [-0.2, 0) is 17.8 Å². The fraction of sp³-hybridized carbons (Fsp3) is 0.550. The van der Waals surface area contributed by atoms with Gasteiger partial charge in [-0.2, -0.15) is 0 Å². The normalized spacial score (nSPS) is 21.6. The van der Waals surface area contributed by atoms with E-state index in [2.05, 4.69) is 20.9 Å². The van der Waals surface area contributed by atoms with Crippen LogP contribution in [0.5, 0.6) is 0 Å². The lowest BCUT2D eigenvalue weighted by Gasteiger charge is -2.36. The molecule has 3 N–H and O–H groups in total. The van der Waals surface area contributed by atoms with Crippen molar-refractivity contribution in [3.8, 4) is 0 Å². The van der Waals surface area contributed by atoms with Gasteiger partial charge in [0.1, 0.15) is 11.9 Å². The van der Waals surface area contributed by atoms with Gasteiger partial charge in [-0.05, 0) is 45.5 Å². The third kappa shape index (κ3) is 6.22. The first-order chi connectivity index (χ1) is 14.4. The molecule has 30 heavy (non-hydrogen) atoms. The standard InChI is InChI=1S/C20H29FN6O3/c1-26(2)11-14-12-27(25-24-14)10-9-15-7-8-18(19(13-28)30-15)23-20(29)22-17-6-4-3-5-16(17)21/h3-6,12,15,18-19,28H,7-11,13H2,1-2H3,(H2,22,23,29)/t15-,18+,19+/m1/s1. The van der Waals surface area contributed by atoms with Crippen LogP contribution in [0.25, 0.3) is 0 Å². The van der Waals surface area contributed by atoms with E-state index in [9.17, 15) is 14.3 Å². The number of nitrogens with zero attached hydrogens (tertiary/aromatic N) is 4. The highest BCUT2D eigenvalue weighted by atomic mass is 19.1. The van der Waals surface area contributed by atoms with E-state index in [1.54, 1.807) is 16.8 Å². The molecular formula is C20H29FN6O3. The van der Waals surface area contributed by atoms with Crippen LogP contribution in [0.3, 0.4) is 0 Å². The van der Waals surface area contributed by atoms with E-state index in [4.69, 9.17) is 4.74 Å². The van der Waals surface area contributed by atoms with E-state index in [-0.39, 0.29) is 24.4 Å². The Morgan fingerprint density at radius 1 is 1.37 bits per heavy atom. The maximum Gasteiger partial charge on any atom is 0.319 e. The highest BCUT2D eigenvalue weighted by molar-refractivity contribution is 5.89. The summed E-state index contributed by atoms with van der Waals surface area (Å²) in [6, 6.07) is 5.08. The quantitative estimate of drug-likeness (QED) is 0.599. The number of urea groups is 1. The van der Waals surface area contributed by atoms with Crippen molar-refractivity contribution in [3.63, 3.8) is 0 Å². The van der Waals surface area contributed by atoms with Crippen LogP contribution in [0.1, 0.15) is 25.0 Å². The number of carbonyl (C=O) groups is 1. The molecule has 1 aromatic heterocycles. The predicted molar refractivity (Wildman–Crippen MR) is 109 cm³/mol. The van der Waals surface area contributed by atoms with Crippen molar-refractivity contribution in [1.82, 2.24) is 25.2 Å². The summed E-state index contributed by atoms with van der Waals surface area (Å²) in [5.41, 5.74) is 1.01. The molecule has 0 bridgehead atoms. The Balaban J connectivity index is 1.46. The number of aliphatic hydroxyl groups excluding tert-OH is 1. The minimum atomic E-state index is -0.526. The van der Waals surface area contributed by atoms with E-state index in [1.165, 1.54) is 12.1 Å². The van der Waals surface area contributed by atoms with Crippen molar-refractivity contribution >= 4 is 11.7 Å². The summed E-state index contributed by atoms with van der Waals surface area (Å²) in [4.78, 5) is 14.2. The van der Waals surface area contributed by atoms with Gasteiger partial charge in [0.05, 0.1) is 30.1 Å². The van der Waals surface area contributed by atoms with E-state index < -0.39 is 18.0 Å². The molecule has 2 heterocycles. The predicted octanol–water partition coefficient (Wildman–Crippen LogP) is 1.60. The number of aromatic nitrogens is 3. The lowest BCUT2D eigenvalue weighted by molar-refractivity contribution is -0.0905. The smallest absolute Gasteiger partial charge is 0.319 e. The van der Waals surface area contributed by atoms with Gasteiger partial charge in [-0.15, -0.1) is 5.10 Å². The summed E-state index contributed by atoms with van der Waals surface area (Å²) in [6.07, 6.45) is 3.48. The topological polar surface area (TPSA) is 105 Å². The Kier molecular flexibility index (Phi) is 7.72. The van der Waals surface area contributed by atoms with Gasteiger partial charge in [0.2, 0.25) is 0 Å². The van der Waals surface area contributed by atoms with E-state index >= 15 is 0 Å². The second-order valence-electron chi connectivity index (χ2n) is 7.74. The molecule has 164 valence electrons. The number of nitrogens with one attached hydrogen (secondary N) is 2. The number of halogens is 1. The van der Waals surface area contributed by atoms with Gasteiger partial charge in [-0.25, -0.2) is 9.18 Å². The van der Waals surface area contributed by atoms with Gasteiger partial charge in [0, 0.05) is 19.3 Å². The second kappa shape index (κ2) is 10.5. The third-order valence-electron chi connectivity index (χ3n) is 4.98. The number of para-hydroxylation sites is 1. The molecule has 3 rings (SSSR count). The number of hydrogen-bond donors (Lipinski definition) is 3. The first-order valence-corrected chi connectivity index (χ1v) is 10.1. The number of aliphatic hydroxyl groups is 1. The minimum absolute atomic E-state index is 0.0451. The van der Waals surface area contributed by atoms with Crippen molar-refractivity contribution in [2.45, 2.75) is 50.6 Å². The number of hydrogen-bond acceptors (Lipinski definition) is 6. The molecule has 2 amide bonds. The van der Waals surface area contributed by atoms with Gasteiger partial charge in [0.25, 0.3) is 0 Å². The van der Waals surface area contributed by atoms with Gasteiger partial charge in [0.15, 0.2) is 0 Å². The molecule has 0 radical (unpaired) electrons. The number of carbonyl (C=O) groups excluding carboxylic acids is 1. The van der Waals surface area contributed by atoms with Crippen molar-refractivity contribution in [2.75, 3.05) is 26.0 Å². The molecule has 3 atom stereocenters. The van der Waals surface area contributed by atoms with Crippen molar-refractivity contribution in [1.29, 1.82) is 0 Å². The first-order valence-electron chi connectivity index (χ1n) is 10.1. The van der Waals surface area contributed by atoms with E-state index in [0.29, 0.717) is 13.0 Å². The van der Waals surface area contributed by atoms with E-state index in [0.717, 1.165) is 25.1 Å². The summed E-state index contributed by atoms with van der Waals surface area (Å²) in [5.74, 6) is -0.506. The molecule has 0 saturated carbocycles. The van der Waals surface area contributed by atoms with Crippen molar-refractivity contribution in [2.24, 2.45) is 0 Å². The SMILES string of the molecule is CN(C)Cc1cn(CC[C@H]2CC[C@H](NC(=O)Nc3ccccc3F)[C@H](CO)O2)nn1. The number of ether oxygens (including phenoxy) is 1. The molecule has 1 aromatic carbocycles. The van der Waals surface area contributed by atoms with Crippen molar-refractivity contribution in [3.05, 3.63) is 42.0 Å². The number of rotatable bonds is 8. The molecule has 1 aliphatic heterocycles. The van der Waals surface area contributed by atoms with Gasteiger partial charge < -0.3 is 25.4 Å². The monoisotopic (exact) mass is 420 g/mol. The van der Waals surface area contributed by atoms with Crippen LogP contribution in [0.2, 0.25) is 0 Å². The summed E-state index contributed by atoms with van der Waals surface area (Å²) < 4.78 is 21.5. The van der Waals surface area contributed by atoms with Crippen molar-refractivity contribution < 1.29 is 19.0 Å². The summed E-state index contributed by atoms with van der Waals surface area (Å²) in [6.45, 7) is 1.18. The Hall–Kier alpha value is -2.56. The Morgan fingerprint density at radius 2 is 2.17 bits per heavy atom. The average Bonchev–Trinajstić information content (AvgIpc) is 3.15. The lowest BCUT2D eigenvalue weighted by atomic mass is 9.97. The molecule has 2 aromatic rings. The minimum Gasteiger partial charge on any atom is -0.394 e. The summed E-state index contributed by atoms with van der Waals surface area (Å²) in [5, 5.41) is 23.3. The third-order valence-corrected chi connectivity index (χ3v) is 4.98. The van der Waals surface area contributed by atoms with Gasteiger partial charge in [-0.1, -0.05) is 17.3 Å². The molecule has 0 unspecified atom stereocenters. The Morgan fingerprint density at radius 3 is 2.90 bits per heavy atom. The van der Waals surface area contributed by atoms with E-state index in [1.807, 2.05) is 25.2 Å². The highest BCUT2D eigenvalue weighted by Crippen LogP contribution is 2.23. The summed E-state index contributed by atoms with van der Waals surface area (Å²) >= 11 is 0. The number of amides is 2. The van der Waals surface area contributed by atoms with Gasteiger partial charge >= 0.3 is 6.03 Å². The van der Waals surface area contributed by atoms with Crippen LogP contribution in [0.4, 0.5) is 14.9 Å². The maximum atomic E-state index is 13.7. The van der Waals surface area contributed by atoms with Gasteiger partial charge in [-0.3, -0.25) is 4.68 Å². The molecule has 1 fully saturated rings. The molecular weight excluding hydrogens is 391 g/mol. The molecule has 9 nitrogen and oxygen atoms in total. The van der Waals surface area contributed by atoms with Crippen LogP contribution < -0.4 is 10.6 Å². The Bertz CT molecular complexity index is 830. The molecule has 0 aliphatic carbocycles. The maximum absolute atomic E-state index is 13.7. The number of benzene rings is 1. The average molecular weight is 420 g/mol. The zero-order valence-corrected chi connectivity index (χ0v) is 17.3. The molecule has 10 heteroatoms. The fourth-order valence-corrected chi connectivity index (χ4v) is 3.52. The zero-order chi connectivity index (χ0) is 21.5. The second-order valence-corrected chi connectivity index (χ2v) is 7.74. The number of aryl methyl sites for hydroxylation is 1. The Labute approximate surface area is 175 Å². The molecule has 1 saturated heterocycles. The van der Waals surface area contributed by atoms with Crippen LogP contribution >= 0.6 is 0 Å². The van der Waals surface area contributed by atoms with Crippen LogP contribution in [0, 0.1) is 5.82 Å². The lowest BCUT2D eigenvalue weighted by Crippen LogP contribution is -2.52. The zero-order valence-electron chi connectivity index (χ0n) is 17.3. The number of anilines is 1. The first kappa shape index (κ1) is 22.1. The highest BCUT2D eigenvalue weighted by Gasteiger charge is 2.32. The summed E-state index contributed by atoms with van der Waals surface area (Å²) in [7, 11) is 3.95.